The van der Waals surface area contributed by atoms with Crippen LogP contribution in [0.5, 0.6) is 0 Å². The molecule has 19 heavy (non-hydrogen) atoms. The van der Waals surface area contributed by atoms with E-state index in [1.165, 1.54) is 12.1 Å². The first kappa shape index (κ1) is 14.9. The molecule has 1 fully saturated rings. The maximum atomic E-state index is 13.3. The molecule has 1 aliphatic heterocycles. The number of benzene rings is 1. The van der Waals surface area contributed by atoms with E-state index in [1.807, 2.05) is 0 Å². The number of sulfonamides is 1. The Morgan fingerprint density at radius 3 is 2.89 bits per heavy atom. The molecule has 2 rings (SSSR count). The zero-order valence-electron chi connectivity index (χ0n) is 10.2. The molecule has 7 heteroatoms. The molecule has 106 valence electrons. The van der Waals surface area contributed by atoms with Crippen LogP contribution >= 0.6 is 15.9 Å². The maximum Gasteiger partial charge on any atom is 0.240 e. The van der Waals surface area contributed by atoms with Crippen molar-refractivity contribution in [2.45, 2.75) is 30.3 Å². The van der Waals surface area contributed by atoms with Crippen LogP contribution in [-0.2, 0) is 14.8 Å². The summed E-state index contributed by atoms with van der Waals surface area (Å²) < 4.78 is 45.3. The third-order valence-corrected chi connectivity index (χ3v) is 5.09. The highest BCUT2D eigenvalue weighted by Crippen LogP contribution is 2.19. The third kappa shape index (κ3) is 3.98. The van der Waals surface area contributed by atoms with Crippen molar-refractivity contribution in [2.75, 3.05) is 13.2 Å². The average molecular weight is 352 g/mol. The highest BCUT2D eigenvalue weighted by Gasteiger charge is 2.18. The monoisotopic (exact) mass is 351 g/mol. The van der Waals surface area contributed by atoms with Gasteiger partial charge in [0.1, 0.15) is 5.82 Å². The van der Waals surface area contributed by atoms with Gasteiger partial charge in [0.2, 0.25) is 10.0 Å². The minimum Gasteiger partial charge on any atom is -0.378 e. The Hall–Kier alpha value is -0.500. The van der Waals surface area contributed by atoms with E-state index in [1.54, 1.807) is 0 Å². The Morgan fingerprint density at radius 1 is 1.47 bits per heavy atom. The zero-order chi connectivity index (χ0) is 13.9. The molecule has 1 atom stereocenters. The summed E-state index contributed by atoms with van der Waals surface area (Å²) in [6, 6.07) is 3.74. The summed E-state index contributed by atoms with van der Waals surface area (Å²) in [6.07, 6.45) is 2.76. The largest absolute Gasteiger partial charge is 0.378 e. The van der Waals surface area contributed by atoms with Crippen LogP contribution in [0.4, 0.5) is 4.39 Å². The van der Waals surface area contributed by atoms with Crippen molar-refractivity contribution in [3.05, 3.63) is 28.5 Å². The van der Waals surface area contributed by atoms with Crippen LogP contribution in [0.1, 0.15) is 19.3 Å². The predicted octanol–water partition coefficient (Wildman–Crippen LogP) is 2.44. The molecule has 0 aliphatic carbocycles. The minimum absolute atomic E-state index is 0.0689. The SMILES string of the molecule is O=S(=O)(NCCC1CCCO1)c1ccc(Br)c(F)c1. The lowest BCUT2D eigenvalue weighted by Gasteiger charge is -2.10. The molecule has 1 heterocycles. The molecule has 1 unspecified atom stereocenters. The molecule has 0 amide bonds. The predicted molar refractivity (Wildman–Crippen MR) is 72.9 cm³/mol. The topological polar surface area (TPSA) is 55.4 Å². The standard InChI is InChI=1S/C12H15BrFNO3S/c13-11-4-3-10(8-12(11)14)19(16,17)15-6-5-9-2-1-7-18-9/h3-4,8-9,15H,1-2,5-7H2. The average Bonchev–Trinajstić information content (AvgIpc) is 2.85. The highest BCUT2D eigenvalue weighted by molar-refractivity contribution is 9.10. The van der Waals surface area contributed by atoms with Gasteiger partial charge in [-0.1, -0.05) is 0 Å². The van der Waals surface area contributed by atoms with Gasteiger partial charge in [0.25, 0.3) is 0 Å². The van der Waals surface area contributed by atoms with E-state index in [4.69, 9.17) is 4.74 Å². The van der Waals surface area contributed by atoms with E-state index in [2.05, 4.69) is 20.7 Å². The minimum atomic E-state index is -3.66. The van der Waals surface area contributed by atoms with E-state index in [0.29, 0.717) is 13.0 Å². The molecule has 4 nitrogen and oxygen atoms in total. The Balaban J connectivity index is 1.95. The van der Waals surface area contributed by atoms with Crippen LogP contribution in [-0.4, -0.2) is 27.7 Å². The molecule has 1 aromatic carbocycles. The molecule has 0 saturated carbocycles. The lowest BCUT2D eigenvalue weighted by Crippen LogP contribution is -2.27. The fourth-order valence-electron chi connectivity index (χ4n) is 1.95. The normalized spacial score (nSPS) is 19.8. The van der Waals surface area contributed by atoms with Gasteiger partial charge in [-0.25, -0.2) is 17.5 Å². The number of ether oxygens (including phenoxy) is 1. The Morgan fingerprint density at radius 2 is 2.26 bits per heavy atom. The Kier molecular flexibility index (Phi) is 4.94. The summed E-state index contributed by atoms with van der Waals surface area (Å²) in [4.78, 5) is -0.0689. The number of hydrogen-bond acceptors (Lipinski definition) is 3. The van der Waals surface area contributed by atoms with Gasteiger partial charge < -0.3 is 4.74 Å². The zero-order valence-corrected chi connectivity index (χ0v) is 12.6. The van der Waals surface area contributed by atoms with Crippen LogP contribution in [0.2, 0.25) is 0 Å². The van der Waals surface area contributed by atoms with E-state index in [9.17, 15) is 12.8 Å². The summed E-state index contributed by atoms with van der Waals surface area (Å²) in [6.45, 7) is 1.04. The Bertz CT molecular complexity index is 544. The smallest absolute Gasteiger partial charge is 0.240 e. The highest BCUT2D eigenvalue weighted by atomic mass is 79.9. The van der Waals surface area contributed by atoms with Crippen LogP contribution in [0.15, 0.2) is 27.6 Å². The molecule has 0 spiro atoms. The second-order valence-corrected chi connectivity index (χ2v) is 7.02. The van der Waals surface area contributed by atoms with Crippen LogP contribution < -0.4 is 4.72 Å². The number of nitrogens with one attached hydrogen (secondary N) is 1. The van der Waals surface area contributed by atoms with Crippen LogP contribution in [0.25, 0.3) is 0 Å². The first-order valence-electron chi connectivity index (χ1n) is 6.05. The second kappa shape index (κ2) is 6.30. The van der Waals surface area contributed by atoms with E-state index < -0.39 is 15.8 Å². The van der Waals surface area contributed by atoms with E-state index in [-0.39, 0.29) is 15.5 Å². The molecular formula is C12H15BrFNO3S. The van der Waals surface area contributed by atoms with Gasteiger partial charge >= 0.3 is 0 Å². The third-order valence-electron chi connectivity index (χ3n) is 2.98. The van der Waals surface area contributed by atoms with Gasteiger partial charge in [-0.3, -0.25) is 0 Å². The van der Waals surface area contributed by atoms with Gasteiger partial charge in [0, 0.05) is 13.2 Å². The first-order valence-corrected chi connectivity index (χ1v) is 8.33. The van der Waals surface area contributed by atoms with Crippen molar-refractivity contribution < 1.29 is 17.5 Å². The summed E-state index contributed by atoms with van der Waals surface area (Å²) in [5, 5.41) is 0. The van der Waals surface area contributed by atoms with Crippen molar-refractivity contribution in [1.29, 1.82) is 0 Å². The van der Waals surface area contributed by atoms with Gasteiger partial charge in [-0.15, -0.1) is 0 Å². The van der Waals surface area contributed by atoms with Crippen LogP contribution in [0.3, 0.4) is 0 Å². The van der Waals surface area contributed by atoms with E-state index >= 15 is 0 Å². The number of halogens is 2. The molecule has 0 aromatic heterocycles. The summed E-state index contributed by atoms with van der Waals surface area (Å²) in [5.41, 5.74) is 0. The fraction of sp³-hybridized carbons (Fsp3) is 0.500. The second-order valence-electron chi connectivity index (χ2n) is 4.40. The molecular weight excluding hydrogens is 337 g/mol. The van der Waals surface area contributed by atoms with Crippen molar-refractivity contribution >= 4 is 26.0 Å². The molecule has 1 saturated heterocycles. The van der Waals surface area contributed by atoms with E-state index in [0.717, 1.165) is 25.5 Å². The molecule has 0 bridgehead atoms. The number of hydrogen-bond donors (Lipinski definition) is 1. The lowest BCUT2D eigenvalue weighted by atomic mass is 10.2. The van der Waals surface area contributed by atoms with Crippen LogP contribution in [0, 0.1) is 5.82 Å². The molecule has 1 aromatic rings. The molecule has 1 aliphatic rings. The van der Waals surface area contributed by atoms with Crippen molar-refractivity contribution in [3.8, 4) is 0 Å². The Labute approximate surface area is 120 Å². The van der Waals surface area contributed by atoms with Crippen molar-refractivity contribution in [1.82, 2.24) is 4.72 Å². The van der Waals surface area contributed by atoms with Gasteiger partial charge in [0.15, 0.2) is 0 Å². The lowest BCUT2D eigenvalue weighted by molar-refractivity contribution is 0.105. The van der Waals surface area contributed by atoms with Crippen molar-refractivity contribution in [2.24, 2.45) is 0 Å². The molecule has 1 N–H and O–H groups in total. The van der Waals surface area contributed by atoms with Gasteiger partial charge in [0.05, 0.1) is 15.5 Å². The molecule has 0 radical (unpaired) electrons. The quantitative estimate of drug-likeness (QED) is 0.886. The number of rotatable bonds is 5. The summed E-state index contributed by atoms with van der Waals surface area (Å²) in [7, 11) is -3.66. The van der Waals surface area contributed by atoms with Crippen molar-refractivity contribution in [3.63, 3.8) is 0 Å². The van der Waals surface area contributed by atoms with Gasteiger partial charge in [-0.2, -0.15) is 0 Å². The fourth-order valence-corrected chi connectivity index (χ4v) is 3.26. The summed E-state index contributed by atoms with van der Waals surface area (Å²) >= 11 is 2.99. The van der Waals surface area contributed by atoms with Gasteiger partial charge in [-0.05, 0) is 53.4 Å². The first-order chi connectivity index (χ1) is 8.99. The summed E-state index contributed by atoms with van der Waals surface area (Å²) in [5.74, 6) is -0.595. The maximum absolute atomic E-state index is 13.3.